The molecular formula is C7H9NO4. The molecule has 0 aromatic rings. The maximum absolute atomic E-state index is 10.3. The summed E-state index contributed by atoms with van der Waals surface area (Å²) < 4.78 is 9.73. The fraction of sp³-hybridized carbons (Fsp3) is 0.429. The molecular weight excluding hydrogens is 162 g/mol. The van der Waals surface area contributed by atoms with Crippen molar-refractivity contribution in [1.82, 2.24) is 0 Å². The van der Waals surface area contributed by atoms with E-state index >= 15 is 0 Å². The molecule has 1 aliphatic rings. The Morgan fingerprint density at radius 3 is 3.17 bits per heavy atom. The van der Waals surface area contributed by atoms with Crippen molar-refractivity contribution in [3.05, 3.63) is 34.1 Å². The van der Waals surface area contributed by atoms with Crippen molar-refractivity contribution in [3.63, 3.8) is 0 Å². The summed E-state index contributed by atoms with van der Waals surface area (Å²) in [7, 11) is 1.50. The molecule has 1 atom stereocenters. The van der Waals surface area contributed by atoms with E-state index in [2.05, 4.69) is 0 Å². The molecule has 0 saturated carbocycles. The summed E-state index contributed by atoms with van der Waals surface area (Å²) >= 11 is 0. The topological polar surface area (TPSA) is 61.6 Å². The zero-order valence-corrected chi connectivity index (χ0v) is 6.60. The van der Waals surface area contributed by atoms with Crippen molar-refractivity contribution in [1.29, 1.82) is 0 Å². The van der Waals surface area contributed by atoms with Crippen LogP contribution in [0.3, 0.4) is 0 Å². The van der Waals surface area contributed by atoms with Crippen LogP contribution in [0.2, 0.25) is 0 Å². The van der Waals surface area contributed by atoms with Gasteiger partial charge < -0.3 is 9.47 Å². The van der Waals surface area contributed by atoms with E-state index in [1.165, 1.54) is 19.3 Å². The average Bonchev–Trinajstić information content (AvgIpc) is 2.28. The number of rotatable bonds is 2. The predicted molar refractivity (Wildman–Crippen MR) is 41.0 cm³/mol. The van der Waals surface area contributed by atoms with Gasteiger partial charge in [0, 0.05) is 6.08 Å². The predicted octanol–water partition coefficient (Wildman–Crippen LogP) is 0.706. The molecule has 0 saturated heterocycles. The fourth-order valence-corrected chi connectivity index (χ4v) is 0.812. The van der Waals surface area contributed by atoms with Crippen LogP contribution < -0.4 is 0 Å². The molecule has 0 N–H and O–H groups in total. The number of hydrogen-bond donors (Lipinski definition) is 0. The van der Waals surface area contributed by atoms with Crippen LogP contribution in [-0.4, -0.2) is 24.9 Å². The third kappa shape index (κ3) is 2.06. The minimum atomic E-state index is -1.06. The van der Waals surface area contributed by atoms with Crippen molar-refractivity contribution >= 4 is 0 Å². The number of ether oxygens (including phenoxy) is 2. The standard InChI is InChI=1S/C7H9NO4/c1-11-6-2-3-7(8(9)10)12-5-4-6/h2-4,7H,5H2,1H3. The van der Waals surface area contributed by atoms with Crippen molar-refractivity contribution in [2.24, 2.45) is 0 Å². The van der Waals surface area contributed by atoms with Gasteiger partial charge in [-0.1, -0.05) is 0 Å². The molecule has 1 rings (SSSR count). The van der Waals surface area contributed by atoms with Crippen molar-refractivity contribution in [2.75, 3.05) is 13.7 Å². The van der Waals surface area contributed by atoms with E-state index in [4.69, 9.17) is 9.47 Å². The highest BCUT2D eigenvalue weighted by molar-refractivity contribution is 5.14. The zero-order valence-electron chi connectivity index (χ0n) is 6.60. The number of allylic oxidation sites excluding steroid dienone is 1. The van der Waals surface area contributed by atoms with E-state index < -0.39 is 11.2 Å². The van der Waals surface area contributed by atoms with Gasteiger partial charge in [-0.3, -0.25) is 10.1 Å². The van der Waals surface area contributed by atoms with Crippen LogP contribution in [0.25, 0.3) is 0 Å². The normalized spacial score (nSPS) is 22.8. The first-order valence-electron chi connectivity index (χ1n) is 3.41. The molecule has 0 bridgehead atoms. The number of nitro groups is 1. The number of methoxy groups -OCH3 is 1. The van der Waals surface area contributed by atoms with Gasteiger partial charge in [0.2, 0.25) is 0 Å². The molecule has 12 heavy (non-hydrogen) atoms. The van der Waals surface area contributed by atoms with E-state index in [0.717, 1.165) is 0 Å². The highest BCUT2D eigenvalue weighted by Crippen LogP contribution is 2.07. The maximum atomic E-state index is 10.3. The summed E-state index contributed by atoms with van der Waals surface area (Å²) in [6.07, 6.45) is 3.46. The summed E-state index contributed by atoms with van der Waals surface area (Å²) in [5.41, 5.74) is 0. The lowest BCUT2D eigenvalue weighted by Crippen LogP contribution is -2.19. The first-order chi connectivity index (χ1) is 5.74. The van der Waals surface area contributed by atoms with E-state index in [-0.39, 0.29) is 6.61 Å². The lowest BCUT2D eigenvalue weighted by molar-refractivity contribution is -0.559. The van der Waals surface area contributed by atoms with Gasteiger partial charge in [0.1, 0.15) is 5.76 Å². The Morgan fingerprint density at radius 1 is 1.83 bits per heavy atom. The summed E-state index contributed by atoms with van der Waals surface area (Å²) in [6, 6.07) is 0. The Balaban J connectivity index is 2.64. The molecule has 0 fully saturated rings. The molecule has 0 radical (unpaired) electrons. The van der Waals surface area contributed by atoms with Gasteiger partial charge in [-0.2, -0.15) is 0 Å². The largest absolute Gasteiger partial charge is 0.497 e. The van der Waals surface area contributed by atoms with Crippen molar-refractivity contribution in [2.45, 2.75) is 6.23 Å². The second-order valence-corrected chi connectivity index (χ2v) is 2.18. The van der Waals surface area contributed by atoms with Gasteiger partial charge in [0.05, 0.1) is 18.6 Å². The van der Waals surface area contributed by atoms with E-state index in [0.29, 0.717) is 5.76 Å². The molecule has 0 aliphatic carbocycles. The van der Waals surface area contributed by atoms with Crippen LogP contribution in [0.4, 0.5) is 0 Å². The molecule has 66 valence electrons. The highest BCUT2D eigenvalue weighted by atomic mass is 16.7. The Hall–Kier alpha value is -1.36. The Labute approximate surface area is 69.4 Å². The average molecular weight is 171 g/mol. The molecule has 1 aliphatic heterocycles. The zero-order chi connectivity index (χ0) is 8.97. The molecule has 0 aromatic carbocycles. The van der Waals surface area contributed by atoms with Crippen LogP contribution in [0, 0.1) is 10.1 Å². The SMILES string of the molecule is COC1=CCOC([N+](=O)[O-])C=C1. The third-order valence-corrected chi connectivity index (χ3v) is 1.42. The molecule has 0 amide bonds. The molecule has 5 nitrogen and oxygen atoms in total. The lowest BCUT2D eigenvalue weighted by Gasteiger charge is -2.00. The molecule has 1 heterocycles. The third-order valence-electron chi connectivity index (χ3n) is 1.42. The van der Waals surface area contributed by atoms with Crippen LogP contribution in [-0.2, 0) is 9.47 Å². The van der Waals surface area contributed by atoms with Gasteiger partial charge in [-0.15, -0.1) is 0 Å². The van der Waals surface area contributed by atoms with Crippen molar-refractivity contribution < 1.29 is 14.4 Å². The van der Waals surface area contributed by atoms with E-state index in [9.17, 15) is 10.1 Å². The van der Waals surface area contributed by atoms with Crippen molar-refractivity contribution in [3.8, 4) is 0 Å². The molecule has 1 unspecified atom stereocenters. The second kappa shape index (κ2) is 3.87. The molecule has 5 heteroatoms. The molecule has 0 aromatic heterocycles. The van der Waals surface area contributed by atoms with Crippen LogP contribution in [0.1, 0.15) is 0 Å². The van der Waals surface area contributed by atoms with E-state index in [1.54, 1.807) is 6.08 Å². The maximum Gasteiger partial charge on any atom is 0.335 e. The fourth-order valence-electron chi connectivity index (χ4n) is 0.812. The van der Waals surface area contributed by atoms with Gasteiger partial charge in [0.15, 0.2) is 0 Å². The van der Waals surface area contributed by atoms with Crippen LogP contribution in [0.15, 0.2) is 24.0 Å². The first kappa shape index (κ1) is 8.73. The first-order valence-corrected chi connectivity index (χ1v) is 3.41. The van der Waals surface area contributed by atoms with E-state index in [1.807, 2.05) is 0 Å². The second-order valence-electron chi connectivity index (χ2n) is 2.18. The van der Waals surface area contributed by atoms with Gasteiger partial charge >= 0.3 is 6.23 Å². The number of nitrogens with zero attached hydrogens (tertiary/aromatic N) is 1. The Morgan fingerprint density at radius 2 is 2.58 bits per heavy atom. The minimum Gasteiger partial charge on any atom is -0.497 e. The molecule has 0 spiro atoms. The van der Waals surface area contributed by atoms with Gasteiger partial charge in [0.25, 0.3) is 0 Å². The summed E-state index contributed by atoms with van der Waals surface area (Å²) in [4.78, 5) is 9.77. The Bertz CT molecular complexity index is 234. The summed E-state index contributed by atoms with van der Waals surface area (Å²) in [6.45, 7) is 0.196. The van der Waals surface area contributed by atoms with Crippen LogP contribution >= 0.6 is 0 Å². The summed E-state index contributed by atoms with van der Waals surface area (Å²) in [5.74, 6) is 0.583. The highest BCUT2D eigenvalue weighted by Gasteiger charge is 2.17. The van der Waals surface area contributed by atoms with Crippen LogP contribution in [0.5, 0.6) is 0 Å². The van der Waals surface area contributed by atoms with Gasteiger partial charge in [-0.25, -0.2) is 0 Å². The summed E-state index contributed by atoms with van der Waals surface area (Å²) in [5, 5.41) is 10.3. The minimum absolute atomic E-state index is 0.196. The number of hydrogen-bond acceptors (Lipinski definition) is 4. The Kier molecular flexibility index (Phi) is 2.82. The monoisotopic (exact) mass is 171 g/mol. The van der Waals surface area contributed by atoms with Gasteiger partial charge in [-0.05, 0) is 12.2 Å². The quantitative estimate of drug-likeness (QED) is 0.453. The smallest absolute Gasteiger partial charge is 0.335 e. The lowest BCUT2D eigenvalue weighted by atomic mass is 10.4.